The summed E-state index contributed by atoms with van der Waals surface area (Å²) in [6.07, 6.45) is 0.842. The predicted octanol–water partition coefficient (Wildman–Crippen LogP) is 1.73. The summed E-state index contributed by atoms with van der Waals surface area (Å²) in [5.74, 6) is 0. The molecule has 0 spiro atoms. The minimum absolute atomic E-state index is 0.381. The molecule has 1 aliphatic rings. The lowest BCUT2D eigenvalue weighted by atomic mass is 10.3. The topological polar surface area (TPSA) is 52.7 Å². The van der Waals surface area contributed by atoms with Gasteiger partial charge in [-0.25, -0.2) is 13.1 Å². The summed E-state index contributed by atoms with van der Waals surface area (Å²) in [4.78, 5) is 4.70. The number of aryl methyl sites for hydroxylation is 1. The number of piperazine rings is 1. The highest BCUT2D eigenvalue weighted by molar-refractivity contribution is 9.11. The number of hydrogen-bond donors (Lipinski definition) is 1. The second kappa shape index (κ2) is 7.52. The molecule has 0 unspecified atom stereocenters. The quantitative estimate of drug-likeness (QED) is 0.745. The summed E-state index contributed by atoms with van der Waals surface area (Å²) in [6, 6.07) is 1.71. The Morgan fingerprint density at radius 3 is 2.57 bits per heavy atom. The van der Waals surface area contributed by atoms with E-state index < -0.39 is 10.0 Å². The molecule has 21 heavy (non-hydrogen) atoms. The van der Waals surface area contributed by atoms with E-state index in [1.54, 1.807) is 6.07 Å². The van der Waals surface area contributed by atoms with E-state index in [1.807, 2.05) is 6.92 Å². The first-order chi connectivity index (χ1) is 9.88. The monoisotopic (exact) mass is 395 g/mol. The summed E-state index contributed by atoms with van der Waals surface area (Å²) in [5, 5.41) is 0. The molecule has 1 saturated heterocycles. The van der Waals surface area contributed by atoms with Crippen LogP contribution in [0.4, 0.5) is 0 Å². The van der Waals surface area contributed by atoms with Gasteiger partial charge in [-0.2, -0.15) is 0 Å². The predicted molar refractivity (Wildman–Crippen MR) is 90.5 cm³/mol. The van der Waals surface area contributed by atoms with Gasteiger partial charge in [0.25, 0.3) is 0 Å². The highest BCUT2D eigenvalue weighted by Gasteiger charge is 2.18. The maximum absolute atomic E-state index is 12.2. The van der Waals surface area contributed by atoms with Crippen molar-refractivity contribution in [3.05, 3.63) is 15.4 Å². The van der Waals surface area contributed by atoms with Gasteiger partial charge in [-0.05, 0) is 54.5 Å². The summed E-state index contributed by atoms with van der Waals surface area (Å²) in [5.41, 5.74) is 0.956. The molecule has 0 saturated carbocycles. The molecular formula is C13H22BrN3O2S2. The van der Waals surface area contributed by atoms with Crippen molar-refractivity contribution in [1.29, 1.82) is 0 Å². The van der Waals surface area contributed by atoms with Gasteiger partial charge in [-0.15, -0.1) is 11.3 Å². The fourth-order valence-electron chi connectivity index (χ4n) is 2.22. The maximum atomic E-state index is 12.2. The molecular weight excluding hydrogens is 374 g/mol. The second-order valence-corrected chi connectivity index (χ2v) is 9.78. The highest BCUT2D eigenvalue weighted by Crippen LogP contribution is 2.30. The Morgan fingerprint density at radius 1 is 1.33 bits per heavy atom. The van der Waals surface area contributed by atoms with Gasteiger partial charge in [0, 0.05) is 32.7 Å². The number of hydrogen-bond acceptors (Lipinski definition) is 5. The molecule has 2 rings (SSSR count). The van der Waals surface area contributed by atoms with Crippen LogP contribution in [0.2, 0.25) is 0 Å². The average molecular weight is 396 g/mol. The third-order valence-electron chi connectivity index (χ3n) is 3.64. The fraction of sp³-hybridized carbons (Fsp3) is 0.692. The van der Waals surface area contributed by atoms with Crippen LogP contribution in [0.15, 0.2) is 14.1 Å². The first kappa shape index (κ1) is 17.4. The Kier molecular flexibility index (Phi) is 6.22. The van der Waals surface area contributed by atoms with Crippen molar-refractivity contribution in [2.75, 3.05) is 46.3 Å². The van der Waals surface area contributed by atoms with Crippen molar-refractivity contribution in [3.8, 4) is 0 Å². The molecule has 1 aromatic heterocycles. The fourth-order valence-corrected chi connectivity index (χ4v) is 5.56. The van der Waals surface area contributed by atoms with Crippen LogP contribution in [0.3, 0.4) is 0 Å². The molecule has 1 fully saturated rings. The molecule has 0 atom stereocenters. The second-order valence-electron chi connectivity index (χ2n) is 5.42. The van der Waals surface area contributed by atoms with Crippen LogP contribution >= 0.6 is 27.3 Å². The van der Waals surface area contributed by atoms with Crippen molar-refractivity contribution < 1.29 is 8.42 Å². The molecule has 0 amide bonds. The zero-order valence-electron chi connectivity index (χ0n) is 12.4. The van der Waals surface area contributed by atoms with Gasteiger partial charge in [-0.3, -0.25) is 0 Å². The standard InChI is InChI=1S/C13H22BrN3O2S2/c1-11-10-12(20-13(11)14)21(18,19)15-4-3-5-17-8-6-16(2)7-9-17/h10,15H,3-9H2,1-2H3. The number of nitrogens with zero attached hydrogens (tertiary/aromatic N) is 2. The normalized spacial score (nSPS) is 18.2. The molecule has 0 aromatic carbocycles. The molecule has 0 bridgehead atoms. The zero-order chi connectivity index (χ0) is 15.5. The summed E-state index contributed by atoms with van der Waals surface area (Å²) in [6.45, 7) is 7.66. The van der Waals surface area contributed by atoms with Crippen molar-refractivity contribution in [3.63, 3.8) is 0 Å². The first-order valence-electron chi connectivity index (χ1n) is 7.05. The molecule has 5 nitrogen and oxygen atoms in total. The van der Waals surface area contributed by atoms with Gasteiger partial charge in [0.05, 0.1) is 3.79 Å². The van der Waals surface area contributed by atoms with Gasteiger partial charge in [-0.1, -0.05) is 0 Å². The van der Waals surface area contributed by atoms with E-state index in [9.17, 15) is 8.42 Å². The Bertz CT molecular complexity index is 546. The molecule has 8 heteroatoms. The smallest absolute Gasteiger partial charge is 0.250 e. The van der Waals surface area contributed by atoms with Crippen LogP contribution in [0.1, 0.15) is 12.0 Å². The highest BCUT2D eigenvalue weighted by atomic mass is 79.9. The molecule has 1 N–H and O–H groups in total. The van der Waals surface area contributed by atoms with Crippen molar-refractivity contribution in [2.24, 2.45) is 0 Å². The Balaban J connectivity index is 1.75. The van der Waals surface area contributed by atoms with Crippen LogP contribution in [-0.4, -0.2) is 64.5 Å². The van der Waals surface area contributed by atoms with Crippen LogP contribution in [0, 0.1) is 6.92 Å². The summed E-state index contributed by atoms with van der Waals surface area (Å²) >= 11 is 4.62. The van der Waals surface area contributed by atoms with Crippen LogP contribution in [-0.2, 0) is 10.0 Å². The van der Waals surface area contributed by atoms with E-state index >= 15 is 0 Å². The van der Waals surface area contributed by atoms with E-state index in [1.165, 1.54) is 11.3 Å². The SMILES string of the molecule is Cc1cc(S(=O)(=O)NCCCN2CCN(C)CC2)sc1Br. The Hall–Kier alpha value is 0.01000. The third kappa shape index (κ3) is 5.01. The Morgan fingerprint density at radius 2 is 2.00 bits per heavy atom. The van der Waals surface area contributed by atoms with Gasteiger partial charge in [0.15, 0.2) is 0 Å². The molecule has 120 valence electrons. The zero-order valence-corrected chi connectivity index (χ0v) is 15.7. The lowest BCUT2D eigenvalue weighted by molar-refractivity contribution is 0.153. The number of sulfonamides is 1. The van der Waals surface area contributed by atoms with E-state index in [2.05, 4.69) is 37.5 Å². The van der Waals surface area contributed by atoms with Gasteiger partial charge in [0.1, 0.15) is 4.21 Å². The molecule has 1 aliphatic heterocycles. The number of rotatable bonds is 6. The van der Waals surface area contributed by atoms with E-state index in [0.717, 1.165) is 48.5 Å². The molecule has 0 radical (unpaired) electrons. The largest absolute Gasteiger partial charge is 0.304 e. The Labute approximate surface area is 139 Å². The number of halogens is 1. The average Bonchev–Trinajstić information content (AvgIpc) is 2.78. The van der Waals surface area contributed by atoms with Gasteiger partial charge < -0.3 is 9.80 Å². The van der Waals surface area contributed by atoms with E-state index in [4.69, 9.17) is 0 Å². The van der Waals surface area contributed by atoms with E-state index in [-0.39, 0.29) is 0 Å². The molecule has 1 aromatic rings. The van der Waals surface area contributed by atoms with Crippen LogP contribution in [0.25, 0.3) is 0 Å². The van der Waals surface area contributed by atoms with Crippen LogP contribution in [0.5, 0.6) is 0 Å². The van der Waals surface area contributed by atoms with Crippen molar-refractivity contribution >= 4 is 37.3 Å². The van der Waals surface area contributed by atoms with Gasteiger partial charge >= 0.3 is 0 Å². The van der Waals surface area contributed by atoms with Gasteiger partial charge in [0.2, 0.25) is 10.0 Å². The van der Waals surface area contributed by atoms with E-state index in [0.29, 0.717) is 10.8 Å². The minimum atomic E-state index is -3.36. The summed E-state index contributed by atoms with van der Waals surface area (Å²) in [7, 11) is -1.23. The lowest BCUT2D eigenvalue weighted by Crippen LogP contribution is -2.45. The number of thiophene rings is 1. The third-order valence-corrected chi connectivity index (χ3v) is 7.71. The van der Waals surface area contributed by atoms with Crippen molar-refractivity contribution in [2.45, 2.75) is 17.6 Å². The first-order valence-corrected chi connectivity index (χ1v) is 10.1. The van der Waals surface area contributed by atoms with Crippen LogP contribution < -0.4 is 4.72 Å². The molecule has 0 aliphatic carbocycles. The molecule has 2 heterocycles. The number of nitrogens with one attached hydrogen (secondary N) is 1. The minimum Gasteiger partial charge on any atom is -0.304 e. The summed E-state index contributed by atoms with van der Waals surface area (Å²) < 4.78 is 28.2. The maximum Gasteiger partial charge on any atom is 0.250 e. The number of likely N-dealkylation sites (N-methyl/N-ethyl adjacent to an activating group) is 1. The van der Waals surface area contributed by atoms with Crippen molar-refractivity contribution in [1.82, 2.24) is 14.5 Å². The lowest BCUT2D eigenvalue weighted by Gasteiger charge is -2.32.